The molecule has 1 aliphatic carbocycles. The molecule has 1 rings (SSSR count). The second-order valence-corrected chi connectivity index (χ2v) is 3.68. The number of hydrogen-bond acceptors (Lipinski definition) is 0. The molecule has 0 amide bonds. The van der Waals surface area contributed by atoms with Crippen LogP contribution in [-0.2, 0) is 0 Å². The molecule has 0 spiro atoms. The van der Waals surface area contributed by atoms with Crippen LogP contribution in [0.2, 0.25) is 0 Å². The highest BCUT2D eigenvalue weighted by Gasteiger charge is 2.37. The third kappa shape index (κ3) is 1.37. The molecule has 9 heavy (non-hydrogen) atoms. The summed E-state index contributed by atoms with van der Waals surface area (Å²) in [6.07, 6.45) is 4.88. The van der Waals surface area contributed by atoms with Gasteiger partial charge in [-0.3, -0.25) is 0 Å². The van der Waals surface area contributed by atoms with Gasteiger partial charge in [0.2, 0.25) is 0 Å². The molecule has 0 aliphatic heterocycles. The van der Waals surface area contributed by atoms with E-state index in [1.54, 1.807) is 0 Å². The van der Waals surface area contributed by atoms with Crippen LogP contribution in [-0.4, -0.2) is 5.33 Å². The smallest absolute Gasteiger partial charge is 0.0122 e. The van der Waals surface area contributed by atoms with E-state index in [1.165, 1.54) is 12.8 Å². The second kappa shape index (κ2) is 2.45. The van der Waals surface area contributed by atoms with Crippen molar-refractivity contribution < 1.29 is 0 Å². The summed E-state index contributed by atoms with van der Waals surface area (Å²) in [5.74, 6) is 0.911. The molecule has 0 bridgehead atoms. The minimum atomic E-state index is 0.375. The van der Waals surface area contributed by atoms with E-state index >= 15 is 0 Å². The third-order valence-electron chi connectivity index (χ3n) is 2.26. The molecule has 0 N–H and O–H groups in total. The number of rotatable bonds is 3. The van der Waals surface area contributed by atoms with Gasteiger partial charge in [-0.05, 0) is 24.2 Å². The molecule has 0 aromatic rings. The first-order valence-corrected chi connectivity index (χ1v) is 4.54. The van der Waals surface area contributed by atoms with E-state index in [9.17, 15) is 0 Å². The highest BCUT2D eigenvalue weighted by Crippen LogP contribution is 2.46. The fourth-order valence-corrected chi connectivity index (χ4v) is 1.76. The van der Waals surface area contributed by atoms with Crippen molar-refractivity contribution >= 4 is 15.9 Å². The summed E-state index contributed by atoms with van der Waals surface area (Å²) in [5, 5.41) is 1.06. The Morgan fingerprint density at radius 1 is 1.78 bits per heavy atom. The number of allylic oxidation sites excluding steroid dienone is 1. The molecule has 0 aromatic carbocycles. The Morgan fingerprint density at radius 2 is 2.33 bits per heavy atom. The molecule has 0 aromatic heterocycles. The minimum Gasteiger partial charge on any atom is -0.102 e. The van der Waals surface area contributed by atoms with Crippen LogP contribution in [0.5, 0.6) is 0 Å². The summed E-state index contributed by atoms with van der Waals surface area (Å²) in [7, 11) is 0. The van der Waals surface area contributed by atoms with Gasteiger partial charge in [0.25, 0.3) is 0 Å². The Morgan fingerprint density at radius 3 is 2.44 bits per heavy atom. The van der Waals surface area contributed by atoms with Crippen LogP contribution in [0, 0.1) is 11.3 Å². The fraction of sp³-hybridized carbons (Fsp3) is 0.750. The summed E-state index contributed by atoms with van der Waals surface area (Å²) in [5.41, 5.74) is 0.375. The first kappa shape index (κ1) is 7.33. The normalized spacial score (nSPS) is 25.1. The third-order valence-corrected chi connectivity index (χ3v) is 3.47. The maximum atomic E-state index is 3.83. The van der Waals surface area contributed by atoms with E-state index in [-0.39, 0.29) is 0 Å². The number of hydrogen-bond donors (Lipinski definition) is 0. The van der Waals surface area contributed by atoms with E-state index in [0.717, 1.165) is 11.2 Å². The summed E-state index contributed by atoms with van der Waals surface area (Å²) < 4.78 is 0. The van der Waals surface area contributed by atoms with Crippen LogP contribution in [0.15, 0.2) is 12.7 Å². The van der Waals surface area contributed by atoms with Crippen molar-refractivity contribution in [2.24, 2.45) is 11.3 Å². The number of alkyl halides is 1. The lowest BCUT2D eigenvalue weighted by atomic mass is 9.88. The van der Waals surface area contributed by atoms with Crippen molar-refractivity contribution in [3.63, 3.8) is 0 Å². The Labute approximate surface area is 65.5 Å². The average molecular weight is 189 g/mol. The first-order valence-electron chi connectivity index (χ1n) is 3.42. The Kier molecular flexibility index (Phi) is 2.00. The quantitative estimate of drug-likeness (QED) is 0.473. The van der Waals surface area contributed by atoms with Crippen molar-refractivity contribution in [1.29, 1.82) is 0 Å². The van der Waals surface area contributed by atoms with Crippen LogP contribution in [0.3, 0.4) is 0 Å². The molecule has 1 unspecified atom stereocenters. The predicted molar refractivity (Wildman–Crippen MR) is 44.8 cm³/mol. The van der Waals surface area contributed by atoms with Crippen LogP contribution < -0.4 is 0 Å². The molecule has 0 nitrogen and oxygen atoms in total. The van der Waals surface area contributed by atoms with Gasteiger partial charge in [0.1, 0.15) is 0 Å². The van der Waals surface area contributed by atoms with Crippen molar-refractivity contribution in [3.8, 4) is 0 Å². The van der Waals surface area contributed by atoms with Gasteiger partial charge in [-0.2, -0.15) is 0 Å². The minimum absolute atomic E-state index is 0.375. The summed E-state index contributed by atoms with van der Waals surface area (Å²) in [6, 6.07) is 0. The maximum absolute atomic E-state index is 3.83. The van der Waals surface area contributed by atoms with Crippen LogP contribution in [0.1, 0.15) is 19.8 Å². The van der Waals surface area contributed by atoms with Gasteiger partial charge >= 0.3 is 0 Å². The SMILES string of the molecule is C=CC(C)(CBr)C1CC1. The van der Waals surface area contributed by atoms with Gasteiger partial charge in [-0.15, -0.1) is 6.58 Å². The summed E-state index contributed by atoms with van der Waals surface area (Å²) >= 11 is 3.50. The molecule has 1 fully saturated rings. The lowest BCUT2D eigenvalue weighted by molar-refractivity contribution is 0.425. The maximum Gasteiger partial charge on any atom is 0.0122 e. The molecule has 1 saturated carbocycles. The molecule has 0 radical (unpaired) electrons. The number of halogens is 1. The predicted octanol–water partition coefficient (Wildman–Crippen LogP) is 2.98. The van der Waals surface area contributed by atoms with E-state index in [4.69, 9.17) is 0 Å². The molecule has 52 valence electrons. The van der Waals surface area contributed by atoms with Gasteiger partial charge in [0.15, 0.2) is 0 Å². The zero-order valence-corrected chi connectivity index (χ0v) is 7.45. The Hall–Kier alpha value is 0.220. The Bertz CT molecular complexity index is 116. The largest absolute Gasteiger partial charge is 0.102 e. The van der Waals surface area contributed by atoms with Crippen molar-refractivity contribution in [1.82, 2.24) is 0 Å². The second-order valence-electron chi connectivity index (χ2n) is 3.12. The van der Waals surface area contributed by atoms with Gasteiger partial charge < -0.3 is 0 Å². The van der Waals surface area contributed by atoms with Gasteiger partial charge in [0.05, 0.1) is 0 Å². The van der Waals surface area contributed by atoms with E-state index in [0.29, 0.717) is 5.41 Å². The van der Waals surface area contributed by atoms with Gasteiger partial charge in [-0.25, -0.2) is 0 Å². The van der Waals surface area contributed by atoms with Gasteiger partial charge in [-0.1, -0.05) is 28.9 Å². The monoisotopic (exact) mass is 188 g/mol. The van der Waals surface area contributed by atoms with Crippen LogP contribution in [0.4, 0.5) is 0 Å². The van der Waals surface area contributed by atoms with Crippen LogP contribution in [0.25, 0.3) is 0 Å². The van der Waals surface area contributed by atoms with Crippen molar-refractivity contribution in [2.75, 3.05) is 5.33 Å². The van der Waals surface area contributed by atoms with Crippen LogP contribution >= 0.6 is 15.9 Å². The molecule has 0 saturated heterocycles. The standard InChI is InChI=1S/C8H13Br/c1-3-8(2,6-9)7-4-5-7/h3,7H,1,4-6H2,2H3. The molecule has 1 aliphatic rings. The van der Waals surface area contributed by atoms with E-state index in [1.807, 2.05) is 0 Å². The Balaban J connectivity index is 2.53. The highest BCUT2D eigenvalue weighted by atomic mass is 79.9. The topological polar surface area (TPSA) is 0 Å². The highest BCUT2D eigenvalue weighted by molar-refractivity contribution is 9.09. The molecule has 0 heterocycles. The lowest BCUT2D eigenvalue weighted by Crippen LogP contribution is -2.16. The van der Waals surface area contributed by atoms with E-state index < -0.39 is 0 Å². The molecule has 1 atom stereocenters. The summed E-state index contributed by atoms with van der Waals surface area (Å²) in [6.45, 7) is 6.11. The van der Waals surface area contributed by atoms with Crippen molar-refractivity contribution in [3.05, 3.63) is 12.7 Å². The average Bonchev–Trinajstić information content (AvgIpc) is 2.68. The molecular formula is C8H13Br. The van der Waals surface area contributed by atoms with Crippen molar-refractivity contribution in [2.45, 2.75) is 19.8 Å². The molecule has 1 heteroatoms. The first-order chi connectivity index (χ1) is 4.23. The summed E-state index contributed by atoms with van der Waals surface area (Å²) in [4.78, 5) is 0. The fourth-order valence-electron chi connectivity index (χ4n) is 1.07. The van der Waals surface area contributed by atoms with E-state index in [2.05, 4.69) is 35.5 Å². The zero-order valence-electron chi connectivity index (χ0n) is 5.86. The zero-order chi connectivity index (χ0) is 6.91. The van der Waals surface area contributed by atoms with Gasteiger partial charge in [0, 0.05) is 5.33 Å². The lowest BCUT2D eigenvalue weighted by Gasteiger charge is -2.21. The molecular weight excluding hydrogens is 176 g/mol.